The number of hydrogen-bond donors (Lipinski definition) is 3. The molecule has 31 heavy (non-hydrogen) atoms. The highest BCUT2D eigenvalue weighted by Gasteiger charge is 2.29. The summed E-state index contributed by atoms with van der Waals surface area (Å²) in [6.45, 7) is 0.622. The number of H-pyrrole nitrogens is 2. The van der Waals surface area contributed by atoms with Crippen LogP contribution in [-0.2, 0) is 0 Å². The summed E-state index contributed by atoms with van der Waals surface area (Å²) in [6.07, 6.45) is 8.36. The van der Waals surface area contributed by atoms with Gasteiger partial charge in [0.2, 0.25) is 0 Å². The maximum atomic E-state index is 14.2. The average Bonchev–Trinajstić information content (AvgIpc) is 3.53. The third-order valence-electron chi connectivity index (χ3n) is 5.63. The van der Waals surface area contributed by atoms with Crippen LogP contribution >= 0.6 is 0 Å². The van der Waals surface area contributed by atoms with E-state index in [1.807, 2.05) is 18.2 Å². The molecule has 1 unspecified atom stereocenters. The molecule has 5 rings (SSSR count). The largest absolute Gasteiger partial charge is 0.350 e. The first-order valence-corrected chi connectivity index (χ1v) is 10.1. The van der Waals surface area contributed by atoms with Gasteiger partial charge in [-0.05, 0) is 49.3 Å². The Morgan fingerprint density at radius 3 is 2.97 bits per heavy atom. The predicted octanol–water partition coefficient (Wildman–Crippen LogP) is 5.06. The fraction of sp³-hybridized carbons (Fsp3) is 0.174. The van der Waals surface area contributed by atoms with Gasteiger partial charge < -0.3 is 9.88 Å². The molecule has 3 heterocycles. The number of rotatable bonds is 4. The quantitative estimate of drug-likeness (QED) is 0.320. The molecule has 3 N–H and O–H groups in total. The Morgan fingerprint density at radius 1 is 1.16 bits per heavy atom. The van der Waals surface area contributed by atoms with Gasteiger partial charge >= 0.3 is 0 Å². The van der Waals surface area contributed by atoms with Crippen LogP contribution in [0.2, 0.25) is 0 Å². The number of amidine groups is 1. The monoisotopic (exact) mass is 418 g/mol. The van der Waals surface area contributed by atoms with E-state index in [1.54, 1.807) is 29.4 Å². The third kappa shape index (κ3) is 3.72. The highest BCUT2D eigenvalue weighted by Crippen LogP contribution is 2.34. The van der Waals surface area contributed by atoms with Crippen LogP contribution < -0.4 is 0 Å². The Morgan fingerprint density at radius 2 is 2.06 bits per heavy atom. The van der Waals surface area contributed by atoms with Gasteiger partial charge in [0.25, 0.3) is 0 Å². The second-order valence-electron chi connectivity index (χ2n) is 7.59. The summed E-state index contributed by atoms with van der Waals surface area (Å²) in [7, 11) is 0. The fourth-order valence-corrected chi connectivity index (χ4v) is 4.07. The number of aromatic nitrogens is 4. The van der Waals surface area contributed by atoms with Gasteiger partial charge in [-0.15, -0.1) is 0 Å². The van der Waals surface area contributed by atoms with Crippen molar-refractivity contribution in [3.8, 4) is 11.3 Å². The molecule has 1 atom stereocenters. The Balaban J connectivity index is 1.33. The van der Waals surface area contributed by atoms with Crippen molar-refractivity contribution >= 4 is 22.8 Å². The molecule has 1 aliphatic heterocycles. The van der Waals surface area contributed by atoms with E-state index in [0.29, 0.717) is 24.4 Å². The van der Waals surface area contributed by atoms with Crippen molar-refractivity contribution in [2.75, 3.05) is 6.54 Å². The van der Waals surface area contributed by atoms with Crippen LogP contribution in [0.25, 0.3) is 28.2 Å². The maximum absolute atomic E-state index is 14.2. The molecule has 0 bridgehead atoms. The molecule has 4 aromatic rings. The minimum absolute atomic E-state index is 0.239. The average molecular weight is 418 g/mol. The summed E-state index contributed by atoms with van der Waals surface area (Å²) in [5.74, 6) is -0.0677. The lowest BCUT2D eigenvalue weighted by atomic mass is 10.0. The number of likely N-dealkylation sites (tertiary alicyclic amines) is 1. The van der Waals surface area contributed by atoms with Crippen molar-refractivity contribution < 1.29 is 8.78 Å². The van der Waals surface area contributed by atoms with Crippen molar-refractivity contribution in [1.82, 2.24) is 25.1 Å². The molecular formula is C23H20F2N6. The summed E-state index contributed by atoms with van der Waals surface area (Å²) in [5, 5.41) is 16.5. The van der Waals surface area contributed by atoms with Gasteiger partial charge in [-0.2, -0.15) is 5.10 Å². The van der Waals surface area contributed by atoms with Gasteiger partial charge in [-0.3, -0.25) is 10.5 Å². The number of fused-ring (bicyclic) bond motifs is 1. The molecule has 2 aromatic carbocycles. The third-order valence-corrected chi connectivity index (χ3v) is 5.63. The zero-order valence-electron chi connectivity index (χ0n) is 16.6. The topological polar surface area (TPSA) is 84.5 Å². The molecule has 0 aliphatic carbocycles. The standard InChI is InChI=1S/C23H20F2N6/c24-16-5-6-18(25)17(11-16)21-2-1-9-31(21)22(26)7-8-23-27-13-20(29-23)14-3-4-15-12-28-30-19(15)10-14/h3-8,10-13,21,26H,1-2,9H2,(H,27,29)(H,28,30)/b8-7-,26-22?. The van der Waals surface area contributed by atoms with E-state index in [-0.39, 0.29) is 11.9 Å². The summed E-state index contributed by atoms with van der Waals surface area (Å²) < 4.78 is 27.9. The number of aromatic amines is 2. The van der Waals surface area contributed by atoms with Crippen LogP contribution in [-0.4, -0.2) is 37.4 Å². The molecule has 1 saturated heterocycles. The second kappa shape index (κ2) is 7.79. The van der Waals surface area contributed by atoms with E-state index in [4.69, 9.17) is 5.41 Å². The van der Waals surface area contributed by atoms with Crippen LogP contribution in [0.3, 0.4) is 0 Å². The number of halogens is 2. The first kappa shape index (κ1) is 19.2. The minimum atomic E-state index is -0.471. The predicted molar refractivity (Wildman–Crippen MR) is 115 cm³/mol. The van der Waals surface area contributed by atoms with Gasteiger partial charge in [-0.1, -0.05) is 12.1 Å². The van der Waals surface area contributed by atoms with E-state index >= 15 is 0 Å². The van der Waals surface area contributed by atoms with Gasteiger partial charge in [0.1, 0.15) is 23.3 Å². The normalized spacial score (nSPS) is 16.6. The molecule has 8 heteroatoms. The van der Waals surface area contributed by atoms with Crippen LogP contribution in [0.5, 0.6) is 0 Å². The Bertz CT molecular complexity index is 1290. The van der Waals surface area contributed by atoms with Crippen molar-refractivity contribution in [3.05, 3.63) is 77.9 Å². The molecule has 1 fully saturated rings. The zero-order valence-corrected chi connectivity index (χ0v) is 16.6. The lowest BCUT2D eigenvalue weighted by Crippen LogP contribution is -2.29. The molecule has 156 valence electrons. The first-order valence-electron chi connectivity index (χ1n) is 10.1. The van der Waals surface area contributed by atoms with Crippen LogP contribution in [0.15, 0.2) is 54.9 Å². The number of nitrogens with one attached hydrogen (secondary N) is 3. The van der Waals surface area contributed by atoms with Gasteiger partial charge in [0.05, 0.1) is 29.6 Å². The van der Waals surface area contributed by atoms with Crippen molar-refractivity contribution in [3.63, 3.8) is 0 Å². The van der Waals surface area contributed by atoms with Crippen LogP contribution in [0, 0.1) is 17.0 Å². The summed E-state index contributed by atoms with van der Waals surface area (Å²) in [4.78, 5) is 9.40. The Kier molecular flexibility index (Phi) is 4.82. The molecule has 6 nitrogen and oxygen atoms in total. The lowest BCUT2D eigenvalue weighted by Gasteiger charge is -2.26. The van der Waals surface area contributed by atoms with E-state index in [9.17, 15) is 8.78 Å². The SMILES string of the molecule is N=C(/C=C\c1ncc(-c2ccc3cn[nH]c3c2)[nH]1)N1CCCC1c1cc(F)ccc1F. The highest BCUT2D eigenvalue weighted by molar-refractivity contribution is 5.94. The Hall–Kier alpha value is -3.81. The number of hydrogen-bond acceptors (Lipinski definition) is 3. The minimum Gasteiger partial charge on any atom is -0.350 e. The molecule has 2 aromatic heterocycles. The molecule has 1 aliphatic rings. The number of nitrogens with zero attached hydrogens (tertiary/aromatic N) is 3. The fourth-order valence-electron chi connectivity index (χ4n) is 4.07. The van der Waals surface area contributed by atoms with Crippen LogP contribution in [0.1, 0.15) is 30.3 Å². The number of benzene rings is 2. The summed E-state index contributed by atoms with van der Waals surface area (Å²) >= 11 is 0. The summed E-state index contributed by atoms with van der Waals surface area (Å²) in [5.41, 5.74) is 3.06. The first-order chi connectivity index (χ1) is 15.1. The maximum Gasteiger partial charge on any atom is 0.130 e. The van der Waals surface area contributed by atoms with Crippen molar-refractivity contribution in [1.29, 1.82) is 5.41 Å². The molecule has 0 spiro atoms. The lowest BCUT2D eigenvalue weighted by molar-refractivity contribution is 0.385. The van der Waals surface area contributed by atoms with E-state index in [0.717, 1.165) is 40.7 Å². The molecule has 0 amide bonds. The van der Waals surface area contributed by atoms with Gasteiger partial charge in [0.15, 0.2) is 0 Å². The number of imidazole rings is 1. The Labute approximate surface area is 177 Å². The molecular weight excluding hydrogens is 398 g/mol. The van der Waals surface area contributed by atoms with E-state index in [2.05, 4.69) is 20.2 Å². The van der Waals surface area contributed by atoms with Crippen molar-refractivity contribution in [2.45, 2.75) is 18.9 Å². The van der Waals surface area contributed by atoms with E-state index in [1.165, 1.54) is 6.07 Å². The van der Waals surface area contributed by atoms with Crippen LogP contribution in [0.4, 0.5) is 8.78 Å². The van der Waals surface area contributed by atoms with Gasteiger partial charge in [0, 0.05) is 23.1 Å². The zero-order chi connectivity index (χ0) is 21.4. The van der Waals surface area contributed by atoms with Gasteiger partial charge in [-0.25, -0.2) is 13.8 Å². The molecule has 0 radical (unpaired) electrons. The van der Waals surface area contributed by atoms with Crippen molar-refractivity contribution in [2.24, 2.45) is 0 Å². The summed E-state index contributed by atoms with van der Waals surface area (Å²) in [6, 6.07) is 9.11. The van der Waals surface area contributed by atoms with E-state index < -0.39 is 11.6 Å². The molecule has 0 saturated carbocycles. The second-order valence-corrected chi connectivity index (χ2v) is 7.59. The smallest absolute Gasteiger partial charge is 0.130 e. The highest BCUT2D eigenvalue weighted by atomic mass is 19.1.